The minimum Gasteiger partial charge on any atom is -0.484 e. The number of aliphatic hydroxyl groups is 1. The van der Waals surface area contributed by atoms with Gasteiger partial charge in [-0.2, -0.15) is 5.10 Å². The maximum Gasteiger partial charge on any atom is 0.157 e. The zero-order valence-electron chi connectivity index (χ0n) is 9.80. The Balaban J connectivity index is 1.91. The SMILES string of the molecule is CCCn1cc(O[C@@H]2CCCC[C@H]2O)cn1. The molecule has 1 aromatic heterocycles. The molecule has 0 radical (unpaired) electrons. The summed E-state index contributed by atoms with van der Waals surface area (Å²) in [5.41, 5.74) is 0. The molecule has 1 heterocycles. The summed E-state index contributed by atoms with van der Waals surface area (Å²) in [6.07, 6.45) is 8.39. The summed E-state index contributed by atoms with van der Waals surface area (Å²) in [6, 6.07) is 0. The number of hydrogen-bond donors (Lipinski definition) is 1. The second-order valence-electron chi connectivity index (χ2n) is 4.45. The van der Waals surface area contributed by atoms with Crippen LogP contribution in [0.1, 0.15) is 39.0 Å². The lowest BCUT2D eigenvalue weighted by Gasteiger charge is -2.27. The molecule has 4 nitrogen and oxygen atoms in total. The molecule has 1 aliphatic rings. The van der Waals surface area contributed by atoms with Gasteiger partial charge in [-0.1, -0.05) is 13.3 Å². The van der Waals surface area contributed by atoms with E-state index in [1.807, 2.05) is 10.9 Å². The van der Waals surface area contributed by atoms with Gasteiger partial charge in [0.1, 0.15) is 6.10 Å². The molecule has 0 aliphatic heterocycles. The van der Waals surface area contributed by atoms with Gasteiger partial charge in [-0.15, -0.1) is 0 Å². The Morgan fingerprint density at radius 2 is 2.31 bits per heavy atom. The van der Waals surface area contributed by atoms with E-state index < -0.39 is 0 Å². The Hall–Kier alpha value is -1.03. The summed E-state index contributed by atoms with van der Waals surface area (Å²) in [5, 5.41) is 14.0. The Morgan fingerprint density at radius 1 is 1.50 bits per heavy atom. The van der Waals surface area contributed by atoms with Crippen molar-refractivity contribution in [3.63, 3.8) is 0 Å². The van der Waals surface area contributed by atoms with Gasteiger partial charge < -0.3 is 9.84 Å². The van der Waals surface area contributed by atoms with E-state index in [0.717, 1.165) is 44.4 Å². The highest BCUT2D eigenvalue weighted by atomic mass is 16.5. The van der Waals surface area contributed by atoms with Crippen LogP contribution in [0.15, 0.2) is 12.4 Å². The van der Waals surface area contributed by atoms with Crippen LogP contribution in [-0.2, 0) is 6.54 Å². The maximum absolute atomic E-state index is 9.79. The molecule has 0 aromatic carbocycles. The van der Waals surface area contributed by atoms with Crippen molar-refractivity contribution in [1.29, 1.82) is 0 Å². The zero-order valence-corrected chi connectivity index (χ0v) is 9.80. The highest BCUT2D eigenvalue weighted by molar-refractivity contribution is 5.12. The molecule has 1 aliphatic carbocycles. The molecule has 2 rings (SSSR count). The first-order valence-electron chi connectivity index (χ1n) is 6.16. The number of ether oxygens (including phenoxy) is 1. The van der Waals surface area contributed by atoms with Gasteiger partial charge in [0.2, 0.25) is 0 Å². The van der Waals surface area contributed by atoms with E-state index in [1.54, 1.807) is 6.20 Å². The van der Waals surface area contributed by atoms with Crippen LogP contribution in [0.25, 0.3) is 0 Å². The van der Waals surface area contributed by atoms with Crippen LogP contribution in [0.5, 0.6) is 5.75 Å². The lowest BCUT2D eigenvalue weighted by atomic mass is 9.95. The second-order valence-corrected chi connectivity index (χ2v) is 4.45. The summed E-state index contributed by atoms with van der Waals surface area (Å²) in [7, 11) is 0. The Labute approximate surface area is 96.2 Å². The third-order valence-electron chi connectivity index (χ3n) is 3.02. The summed E-state index contributed by atoms with van der Waals surface area (Å²) < 4.78 is 7.64. The molecule has 1 aromatic rings. The third-order valence-corrected chi connectivity index (χ3v) is 3.02. The van der Waals surface area contributed by atoms with Crippen LogP contribution >= 0.6 is 0 Å². The standard InChI is InChI=1S/C12H20N2O2/c1-2-7-14-9-10(8-13-14)16-12-6-4-3-5-11(12)15/h8-9,11-12,15H,2-7H2,1H3/t11-,12-/m1/s1. The van der Waals surface area contributed by atoms with Gasteiger partial charge in [0.05, 0.1) is 18.5 Å². The average molecular weight is 224 g/mol. The van der Waals surface area contributed by atoms with E-state index >= 15 is 0 Å². The molecular weight excluding hydrogens is 204 g/mol. The fourth-order valence-corrected chi connectivity index (χ4v) is 2.15. The molecular formula is C12H20N2O2. The van der Waals surface area contributed by atoms with Crippen LogP contribution < -0.4 is 4.74 Å². The van der Waals surface area contributed by atoms with Crippen LogP contribution in [0.4, 0.5) is 0 Å². The fourth-order valence-electron chi connectivity index (χ4n) is 2.15. The number of rotatable bonds is 4. The van der Waals surface area contributed by atoms with Gasteiger partial charge in [0.25, 0.3) is 0 Å². The van der Waals surface area contributed by atoms with Crippen molar-refractivity contribution < 1.29 is 9.84 Å². The molecule has 1 N–H and O–H groups in total. The van der Waals surface area contributed by atoms with E-state index in [9.17, 15) is 5.11 Å². The summed E-state index contributed by atoms with van der Waals surface area (Å²) in [5.74, 6) is 0.777. The molecule has 90 valence electrons. The van der Waals surface area contributed by atoms with Crippen molar-refractivity contribution in [2.24, 2.45) is 0 Å². The maximum atomic E-state index is 9.79. The van der Waals surface area contributed by atoms with Gasteiger partial charge in [-0.05, 0) is 25.7 Å². The van der Waals surface area contributed by atoms with E-state index in [-0.39, 0.29) is 12.2 Å². The monoisotopic (exact) mass is 224 g/mol. The first-order chi connectivity index (χ1) is 7.79. The summed E-state index contributed by atoms with van der Waals surface area (Å²) >= 11 is 0. The smallest absolute Gasteiger partial charge is 0.157 e. The number of aliphatic hydroxyl groups excluding tert-OH is 1. The van der Waals surface area contributed by atoms with Gasteiger partial charge in [0.15, 0.2) is 5.75 Å². The van der Waals surface area contributed by atoms with Crippen molar-refractivity contribution in [1.82, 2.24) is 9.78 Å². The summed E-state index contributed by atoms with van der Waals surface area (Å²) in [6.45, 7) is 3.03. The summed E-state index contributed by atoms with van der Waals surface area (Å²) in [4.78, 5) is 0. The van der Waals surface area contributed by atoms with Crippen LogP contribution in [-0.4, -0.2) is 27.1 Å². The third kappa shape index (κ3) is 2.76. The first kappa shape index (κ1) is 11.5. The van der Waals surface area contributed by atoms with Crippen LogP contribution in [0.2, 0.25) is 0 Å². The molecule has 0 spiro atoms. The predicted molar refractivity (Wildman–Crippen MR) is 61.4 cm³/mol. The highest BCUT2D eigenvalue weighted by Crippen LogP contribution is 2.23. The fraction of sp³-hybridized carbons (Fsp3) is 0.750. The molecule has 2 atom stereocenters. The zero-order chi connectivity index (χ0) is 11.4. The molecule has 0 unspecified atom stereocenters. The van der Waals surface area contributed by atoms with Crippen molar-refractivity contribution in [2.75, 3.05) is 0 Å². The number of hydrogen-bond acceptors (Lipinski definition) is 3. The van der Waals surface area contributed by atoms with Crippen LogP contribution in [0, 0.1) is 0 Å². The topological polar surface area (TPSA) is 47.3 Å². The van der Waals surface area contributed by atoms with Crippen molar-refractivity contribution >= 4 is 0 Å². The second kappa shape index (κ2) is 5.34. The molecule has 1 saturated carbocycles. The minimum atomic E-state index is -0.316. The van der Waals surface area contributed by atoms with E-state index in [2.05, 4.69) is 12.0 Å². The lowest BCUT2D eigenvalue weighted by Crippen LogP contribution is -2.34. The van der Waals surface area contributed by atoms with Crippen molar-refractivity contribution in [3.8, 4) is 5.75 Å². The van der Waals surface area contributed by atoms with Gasteiger partial charge in [0, 0.05) is 6.54 Å². The van der Waals surface area contributed by atoms with E-state index in [1.165, 1.54) is 0 Å². The predicted octanol–water partition coefficient (Wildman–Crippen LogP) is 1.98. The molecule has 4 heteroatoms. The largest absolute Gasteiger partial charge is 0.484 e. The minimum absolute atomic E-state index is 0.0481. The van der Waals surface area contributed by atoms with Gasteiger partial charge in [-0.25, -0.2) is 0 Å². The quantitative estimate of drug-likeness (QED) is 0.850. The van der Waals surface area contributed by atoms with Crippen LogP contribution in [0.3, 0.4) is 0 Å². The molecule has 0 amide bonds. The van der Waals surface area contributed by atoms with E-state index in [0.29, 0.717) is 0 Å². The lowest BCUT2D eigenvalue weighted by molar-refractivity contribution is 0.00682. The van der Waals surface area contributed by atoms with Crippen molar-refractivity contribution in [3.05, 3.63) is 12.4 Å². The normalized spacial score (nSPS) is 25.6. The Bertz CT molecular complexity index is 325. The number of aryl methyl sites for hydroxylation is 1. The average Bonchev–Trinajstić information content (AvgIpc) is 2.70. The molecule has 0 saturated heterocycles. The highest BCUT2D eigenvalue weighted by Gasteiger charge is 2.24. The molecule has 0 bridgehead atoms. The van der Waals surface area contributed by atoms with Gasteiger partial charge >= 0.3 is 0 Å². The number of aromatic nitrogens is 2. The number of nitrogens with zero attached hydrogens (tertiary/aromatic N) is 2. The van der Waals surface area contributed by atoms with Crippen molar-refractivity contribution in [2.45, 2.75) is 57.8 Å². The first-order valence-corrected chi connectivity index (χ1v) is 6.16. The van der Waals surface area contributed by atoms with E-state index in [4.69, 9.17) is 4.74 Å². The van der Waals surface area contributed by atoms with Gasteiger partial charge in [-0.3, -0.25) is 4.68 Å². The molecule has 1 fully saturated rings. The Kier molecular flexibility index (Phi) is 3.83. The Morgan fingerprint density at radius 3 is 3.06 bits per heavy atom. The molecule has 16 heavy (non-hydrogen) atoms.